The van der Waals surface area contributed by atoms with Gasteiger partial charge in [-0.15, -0.1) is 0 Å². The molecule has 2 aliphatic rings. The highest BCUT2D eigenvalue weighted by Gasteiger charge is 2.48. The first kappa shape index (κ1) is 18.9. The topological polar surface area (TPSA) is 116 Å². The first-order valence-corrected chi connectivity index (χ1v) is 10.6. The molecule has 1 amide bonds. The molecule has 0 bridgehead atoms. The van der Waals surface area contributed by atoms with Crippen molar-refractivity contribution in [3.8, 4) is 0 Å². The molecule has 8 nitrogen and oxygen atoms in total. The summed E-state index contributed by atoms with van der Waals surface area (Å²) in [6.07, 6.45) is 0. The van der Waals surface area contributed by atoms with Crippen molar-refractivity contribution < 1.29 is 27.9 Å². The number of benzene rings is 1. The number of nitrogens with zero attached hydrogens (tertiary/aromatic N) is 2. The van der Waals surface area contributed by atoms with Gasteiger partial charge in [0.25, 0.3) is 5.91 Å². The minimum absolute atomic E-state index is 0.0336. The van der Waals surface area contributed by atoms with Gasteiger partial charge in [0.05, 0.1) is 30.1 Å². The summed E-state index contributed by atoms with van der Waals surface area (Å²) < 4.78 is 28.6. The molecule has 2 fully saturated rings. The second-order valence-electron chi connectivity index (χ2n) is 6.07. The molecule has 0 N–H and O–H groups in total. The lowest BCUT2D eigenvalue weighted by atomic mass is 10.1. The van der Waals surface area contributed by atoms with Crippen molar-refractivity contribution in [1.82, 2.24) is 4.90 Å². The number of hydrogen-bond acceptors (Lipinski definition) is 7. The molecular formula is C16H17N2O6S2-. The van der Waals surface area contributed by atoms with Crippen molar-refractivity contribution >= 4 is 38.6 Å². The molecule has 10 heteroatoms. The SMILES string of the molecule is O=C([O-])COCC(=O)N=C1S[C@H]2CS(=O)(=O)C[C@@H]2N1Cc1ccccc1. The Bertz CT molecular complexity index is 824. The number of carboxylic acid groups (broad SMARTS) is 1. The summed E-state index contributed by atoms with van der Waals surface area (Å²) in [4.78, 5) is 28.1. The van der Waals surface area contributed by atoms with Gasteiger partial charge in [-0.05, 0) is 5.56 Å². The number of amides is 1. The maximum Gasteiger partial charge on any atom is 0.274 e. The van der Waals surface area contributed by atoms with Crippen LogP contribution >= 0.6 is 11.8 Å². The maximum absolute atomic E-state index is 11.9. The van der Waals surface area contributed by atoms with E-state index >= 15 is 0 Å². The van der Waals surface area contributed by atoms with Gasteiger partial charge in [-0.1, -0.05) is 42.1 Å². The lowest BCUT2D eigenvalue weighted by molar-refractivity contribution is -0.309. The van der Waals surface area contributed by atoms with Crippen LogP contribution in [0.25, 0.3) is 0 Å². The van der Waals surface area contributed by atoms with Gasteiger partial charge in [-0.25, -0.2) is 8.42 Å². The van der Waals surface area contributed by atoms with Crippen LogP contribution in [0.1, 0.15) is 5.56 Å². The molecular weight excluding hydrogens is 380 g/mol. The number of aliphatic imine (C=N–C) groups is 1. The van der Waals surface area contributed by atoms with E-state index in [1.165, 1.54) is 11.8 Å². The molecule has 140 valence electrons. The molecule has 3 rings (SSSR count). The fourth-order valence-corrected chi connectivity index (χ4v) is 6.93. The summed E-state index contributed by atoms with van der Waals surface area (Å²) in [5.41, 5.74) is 0.978. The number of carbonyl (C=O) groups is 2. The molecule has 1 aromatic carbocycles. The van der Waals surface area contributed by atoms with E-state index in [4.69, 9.17) is 4.74 Å². The number of rotatable bonds is 6. The molecule has 0 aromatic heterocycles. The van der Waals surface area contributed by atoms with Crippen molar-refractivity contribution in [3.05, 3.63) is 35.9 Å². The number of thioether (sulfide) groups is 1. The van der Waals surface area contributed by atoms with Crippen LogP contribution in [0.2, 0.25) is 0 Å². The van der Waals surface area contributed by atoms with Crippen LogP contribution < -0.4 is 5.11 Å². The van der Waals surface area contributed by atoms with Gasteiger partial charge in [0.15, 0.2) is 15.0 Å². The predicted molar refractivity (Wildman–Crippen MR) is 94.1 cm³/mol. The Morgan fingerprint density at radius 2 is 1.96 bits per heavy atom. The van der Waals surface area contributed by atoms with Crippen molar-refractivity contribution in [2.24, 2.45) is 4.99 Å². The number of hydrogen-bond donors (Lipinski definition) is 0. The average Bonchev–Trinajstić information content (AvgIpc) is 3.01. The Morgan fingerprint density at radius 1 is 1.23 bits per heavy atom. The highest BCUT2D eigenvalue weighted by Crippen LogP contribution is 2.38. The number of fused-ring (bicyclic) bond motifs is 1. The Hall–Kier alpha value is -1.91. The monoisotopic (exact) mass is 397 g/mol. The molecule has 2 saturated heterocycles. The van der Waals surface area contributed by atoms with E-state index in [9.17, 15) is 23.1 Å². The van der Waals surface area contributed by atoms with Gasteiger partial charge in [0.2, 0.25) is 0 Å². The zero-order valence-corrected chi connectivity index (χ0v) is 15.4. The van der Waals surface area contributed by atoms with Crippen molar-refractivity contribution in [2.45, 2.75) is 17.8 Å². The summed E-state index contributed by atoms with van der Waals surface area (Å²) in [6.45, 7) is -0.706. The lowest BCUT2D eigenvalue weighted by Crippen LogP contribution is -2.37. The summed E-state index contributed by atoms with van der Waals surface area (Å²) in [5.74, 6) is -1.94. The first-order chi connectivity index (χ1) is 12.3. The fourth-order valence-electron chi connectivity index (χ4n) is 2.96. The smallest absolute Gasteiger partial charge is 0.274 e. The van der Waals surface area contributed by atoms with Crippen LogP contribution in [0.4, 0.5) is 0 Å². The summed E-state index contributed by atoms with van der Waals surface area (Å²) in [6, 6.07) is 9.27. The van der Waals surface area contributed by atoms with E-state index in [-0.39, 0.29) is 22.8 Å². The van der Waals surface area contributed by atoms with Gasteiger partial charge in [-0.3, -0.25) is 4.79 Å². The van der Waals surface area contributed by atoms with E-state index in [0.29, 0.717) is 11.7 Å². The molecule has 26 heavy (non-hydrogen) atoms. The first-order valence-electron chi connectivity index (χ1n) is 7.91. The van der Waals surface area contributed by atoms with Crippen molar-refractivity contribution in [1.29, 1.82) is 0 Å². The van der Waals surface area contributed by atoms with Gasteiger partial charge >= 0.3 is 0 Å². The van der Waals surface area contributed by atoms with E-state index in [2.05, 4.69) is 4.99 Å². The molecule has 0 saturated carbocycles. The quantitative estimate of drug-likeness (QED) is 0.603. The van der Waals surface area contributed by atoms with Crippen LogP contribution in [0.15, 0.2) is 35.3 Å². The second kappa shape index (κ2) is 7.77. The Kier molecular flexibility index (Phi) is 5.64. The molecule has 2 atom stereocenters. The van der Waals surface area contributed by atoms with Gasteiger partial charge < -0.3 is 19.5 Å². The molecule has 0 aliphatic carbocycles. The third kappa shape index (κ3) is 4.63. The number of carboxylic acids is 1. The van der Waals surface area contributed by atoms with Gasteiger partial charge in [0, 0.05) is 11.8 Å². The van der Waals surface area contributed by atoms with Crippen LogP contribution in [0.3, 0.4) is 0 Å². The summed E-state index contributed by atoms with van der Waals surface area (Å²) in [5, 5.41) is 10.6. The number of aliphatic carboxylic acids is 1. The molecule has 0 spiro atoms. The summed E-state index contributed by atoms with van der Waals surface area (Å²) in [7, 11) is -3.11. The zero-order valence-electron chi connectivity index (χ0n) is 13.7. The molecule has 2 aliphatic heterocycles. The van der Waals surface area contributed by atoms with Gasteiger partial charge in [0.1, 0.15) is 6.61 Å². The number of amidine groups is 1. The highest BCUT2D eigenvalue weighted by atomic mass is 32.2. The van der Waals surface area contributed by atoms with Crippen LogP contribution in [-0.4, -0.2) is 66.4 Å². The zero-order chi connectivity index (χ0) is 18.7. The Morgan fingerprint density at radius 3 is 2.65 bits per heavy atom. The Labute approximate surface area is 155 Å². The Balaban J connectivity index is 1.76. The highest BCUT2D eigenvalue weighted by molar-refractivity contribution is 8.15. The normalized spacial score (nSPS) is 25.4. The standard InChI is InChI=1S/C16H18N2O6S2/c19-14(7-24-8-15(20)21)17-16-18(6-11-4-2-1-3-5-11)12-9-26(22,23)10-13(12)25-16/h1-5,12-13H,6-10H2,(H,20,21)/p-1/t12-,13-/m0/s1. The van der Waals surface area contributed by atoms with Crippen molar-refractivity contribution in [2.75, 3.05) is 24.7 Å². The lowest BCUT2D eigenvalue weighted by Gasteiger charge is -2.24. The van der Waals surface area contributed by atoms with Gasteiger partial charge in [-0.2, -0.15) is 4.99 Å². The van der Waals surface area contributed by atoms with E-state index < -0.39 is 34.9 Å². The van der Waals surface area contributed by atoms with Crippen molar-refractivity contribution in [3.63, 3.8) is 0 Å². The van der Waals surface area contributed by atoms with E-state index in [1.54, 1.807) is 0 Å². The third-order valence-corrected chi connectivity index (χ3v) is 7.28. The molecule has 0 unspecified atom stereocenters. The summed E-state index contributed by atoms with van der Waals surface area (Å²) >= 11 is 1.27. The largest absolute Gasteiger partial charge is 0.548 e. The second-order valence-corrected chi connectivity index (χ2v) is 9.43. The van der Waals surface area contributed by atoms with Crippen LogP contribution in [0, 0.1) is 0 Å². The fraction of sp³-hybridized carbons (Fsp3) is 0.438. The predicted octanol–water partition coefficient (Wildman–Crippen LogP) is -0.950. The molecule has 1 aromatic rings. The number of ether oxygens (including phenoxy) is 1. The average molecular weight is 397 g/mol. The minimum Gasteiger partial charge on any atom is -0.548 e. The van der Waals surface area contributed by atoms with Crippen LogP contribution in [-0.2, 0) is 30.7 Å². The van der Waals surface area contributed by atoms with Crippen LogP contribution in [0.5, 0.6) is 0 Å². The number of sulfone groups is 1. The minimum atomic E-state index is -3.11. The molecule has 2 heterocycles. The third-order valence-electron chi connectivity index (χ3n) is 4.04. The van der Waals surface area contributed by atoms with E-state index in [0.717, 1.165) is 5.56 Å². The number of carbonyl (C=O) groups excluding carboxylic acids is 2. The molecule has 0 radical (unpaired) electrons. The maximum atomic E-state index is 11.9. The van der Waals surface area contributed by atoms with E-state index in [1.807, 2.05) is 35.2 Å².